The number of hydrogen-bond donors (Lipinski definition) is 0. The van der Waals surface area contributed by atoms with E-state index >= 15 is 0 Å². The fourth-order valence-corrected chi connectivity index (χ4v) is 2.97. The third kappa shape index (κ3) is 2.53. The molecule has 17 heavy (non-hydrogen) atoms. The van der Waals surface area contributed by atoms with Crippen molar-refractivity contribution < 1.29 is 9.47 Å². The van der Waals surface area contributed by atoms with Crippen LogP contribution in [-0.2, 0) is 9.47 Å². The first kappa shape index (κ1) is 11.2. The van der Waals surface area contributed by atoms with E-state index in [1.54, 1.807) is 0 Å². The predicted molar refractivity (Wildman–Crippen MR) is 67.5 cm³/mol. The molecule has 0 N–H and O–H groups in total. The lowest BCUT2D eigenvalue weighted by molar-refractivity contribution is -0.151. The maximum atomic E-state index is 5.74. The second kappa shape index (κ2) is 4.79. The van der Waals surface area contributed by atoms with Crippen molar-refractivity contribution in [3.05, 3.63) is 36.5 Å². The van der Waals surface area contributed by atoms with E-state index in [9.17, 15) is 0 Å². The monoisotopic (exact) mass is 232 g/mol. The van der Waals surface area contributed by atoms with Gasteiger partial charge in [0.25, 0.3) is 0 Å². The van der Waals surface area contributed by atoms with Gasteiger partial charge in [-0.05, 0) is 24.7 Å². The van der Waals surface area contributed by atoms with Gasteiger partial charge in [0.05, 0.1) is 13.2 Å². The van der Waals surface area contributed by atoms with Crippen LogP contribution in [0.15, 0.2) is 36.5 Å². The quantitative estimate of drug-likeness (QED) is 0.681. The molecule has 3 rings (SSSR count). The summed E-state index contributed by atoms with van der Waals surface area (Å²) in [4.78, 5) is 0. The zero-order valence-corrected chi connectivity index (χ0v) is 10.2. The van der Waals surface area contributed by atoms with Crippen molar-refractivity contribution in [2.75, 3.05) is 13.2 Å². The highest BCUT2D eigenvalue weighted by Crippen LogP contribution is 2.41. The summed E-state index contributed by atoms with van der Waals surface area (Å²) in [5.41, 5.74) is 0. The summed E-state index contributed by atoms with van der Waals surface area (Å²) in [6.07, 6.45) is 17.9. The van der Waals surface area contributed by atoms with E-state index in [0.717, 1.165) is 32.5 Å². The van der Waals surface area contributed by atoms with Crippen molar-refractivity contribution in [3.63, 3.8) is 0 Å². The summed E-state index contributed by atoms with van der Waals surface area (Å²) in [5.74, 6) is 0.992. The molecule has 92 valence electrons. The van der Waals surface area contributed by atoms with Gasteiger partial charge in [0.15, 0.2) is 5.79 Å². The van der Waals surface area contributed by atoms with Gasteiger partial charge in [0.1, 0.15) is 0 Å². The molecule has 1 heterocycles. The fourth-order valence-electron chi connectivity index (χ4n) is 2.97. The highest BCUT2D eigenvalue weighted by molar-refractivity contribution is 5.16. The minimum atomic E-state index is -0.225. The van der Waals surface area contributed by atoms with E-state index in [2.05, 4.69) is 36.5 Å². The molecule has 1 saturated heterocycles. The lowest BCUT2D eigenvalue weighted by Crippen LogP contribution is -2.25. The van der Waals surface area contributed by atoms with Crippen LogP contribution in [0.3, 0.4) is 0 Å². The molecule has 0 amide bonds. The molecular weight excluding hydrogens is 212 g/mol. The van der Waals surface area contributed by atoms with Gasteiger partial charge >= 0.3 is 0 Å². The van der Waals surface area contributed by atoms with E-state index in [4.69, 9.17) is 9.47 Å². The average molecular weight is 232 g/mol. The Morgan fingerprint density at radius 3 is 2.76 bits per heavy atom. The SMILES string of the molecule is C1=CCC(C=CC2CCC3(C2)OCCO3)C=C1. The first-order valence-electron chi connectivity index (χ1n) is 6.66. The Morgan fingerprint density at radius 2 is 2.00 bits per heavy atom. The number of allylic oxidation sites excluding steroid dienone is 6. The van der Waals surface area contributed by atoms with Crippen LogP contribution in [-0.4, -0.2) is 19.0 Å². The summed E-state index contributed by atoms with van der Waals surface area (Å²) in [6, 6.07) is 0. The Hall–Kier alpha value is -0.860. The van der Waals surface area contributed by atoms with Crippen LogP contribution in [0, 0.1) is 11.8 Å². The molecule has 2 unspecified atom stereocenters. The molecule has 1 aliphatic heterocycles. The number of ether oxygens (including phenoxy) is 2. The van der Waals surface area contributed by atoms with Crippen molar-refractivity contribution in [1.82, 2.24) is 0 Å². The molecule has 2 fully saturated rings. The minimum Gasteiger partial charge on any atom is -0.348 e. The molecule has 1 saturated carbocycles. The number of rotatable bonds is 2. The summed E-state index contributed by atoms with van der Waals surface area (Å²) in [7, 11) is 0. The zero-order valence-electron chi connectivity index (χ0n) is 10.2. The van der Waals surface area contributed by atoms with E-state index in [1.807, 2.05) is 0 Å². The topological polar surface area (TPSA) is 18.5 Å². The number of hydrogen-bond acceptors (Lipinski definition) is 2. The summed E-state index contributed by atoms with van der Waals surface area (Å²) in [5, 5.41) is 0. The average Bonchev–Trinajstić information content (AvgIpc) is 2.99. The van der Waals surface area contributed by atoms with E-state index in [1.165, 1.54) is 6.42 Å². The Kier molecular flexibility index (Phi) is 3.17. The second-order valence-corrected chi connectivity index (χ2v) is 5.21. The third-order valence-electron chi connectivity index (χ3n) is 3.93. The molecule has 2 nitrogen and oxygen atoms in total. The van der Waals surface area contributed by atoms with Crippen LogP contribution in [0.2, 0.25) is 0 Å². The van der Waals surface area contributed by atoms with Crippen LogP contribution in [0.4, 0.5) is 0 Å². The van der Waals surface area contributed by atoms with E-state index in [-0.39, 0.29) is 5.79 Å². The standard InChI is InChI=1S/C15H20O2/c1-2-4-13(5-3-1)6-7-14-8-9-15(12-14)16-10-11-17-15/h1-4,6-7,13-14H,5,8-12H2. The Labute approximate surface area is 103 Å². The smallest absolute Gasteiger partial charge is 0.169 e. The molecule has 2 aliphatic carbocycles. The molecular formula is C15H20O2. The molecule has 0 aromatic heterocycles. The van der Waals surface area contributed by atoms with Crippen LogP contribution < -0.4 is 0 Å². The Morgan fingerprint density at radius 1 is 1.12 bits per heavy atom. The maximum absolute atomic E-state index is 5.74. The minimum absolute atomic E-state index is 0.225. The molecule has 1 spiro atoms. The molecule has 3 aliphatic rings. The molecule has 0 aromatic carbocycles. The van der Waals surface area contributed by atoms with Crippen LogP contribution in [0.25, 0.3) is 0 Å². The van der Waals surface area contributed by atoms with Gasteiger partial charge in [-0.15, -0.1) is 0 Å². The van der Waals surface area contributed by atoms with Crippen LogP contribution >= 0.6 is 0 Å². The van der Waals surface area contributed by atoms with Gasteiger partial charge in [0.2, 0.25) is 0 Å². The Bertz CT molecular complexity index is 348. The predicted octanol–water partition coefficient (Wildman–Crippen LogP) is 3.22. The van der Waals surface area contributed by atoms with Crippen molar-refractivity contribution in [2.45, 2.75) is 31.5 Å². The van der Waals surface area contributed by atoms with Crippen LogP contribution in [0.1, 0.15) is 25.7 Å². The largest absolute Gasteiger partial charge is 0.348 e. The van der Waals surface area contributed by atoms with Crippen LogP contribution in [0.5, 0.6) is 0 Å². The molecule has 0 aromatic rings. The van der Waals surface area contributed by atoms with Crippen molar-refractivity contribution in [2.24, 2.45) is 11.8 Å². The fraction of sp³-hybridized carbons (Fsp3) is 0.600. The van der Waals surface area contributed by atoms with Gasteiger partial charge in [-0.2, -0.15) is 0 Å². The molecule has 2 heteroatoms. The third-order valence-corrected chi connectivity index (χ3v) is 3.93. The second-order valence-electron chi connectivity index (χ2n) is 5.21. The van der Waals surface area contributed by atoms with Gasteiger partial charge in [-0.1, -0.05) is 36.5 Å². The highest BCUT2D eigenvalue weighted by Gasteiger charge is 2.43. The first-order chi connectivity index (χ1) is 8.36. The first-order valence-corrected chi connectivity index (χ1v) is 6.66. The lowest BCUT2D eigenvalue weighted by atomic mass is 9.97. The summed E-state index contributed by atoms with van der Waals surface area (Å²) in [6.45, 7) is 1.54. The van der Waals surface area contributed by atoms with Gasteiger partial charge < -0.3 is 9.47 Å². The zero-order chi connectivity index (χ0) is 11.6. The van der Waals surface area contributed by atoms with Gasteiger partial charge in [-0.25, -0.2) is 0 Å². The van der Waals surface area contributed by atoms with Gasteiger partial charge in [-0.3, -0.25) is 0 Å². The van der Waals surface area contributed by atoms with Crippen molar-refractivity contribution in [1.29, 1.82) is 0 Å². The molecule has 0 radical (unpaired) electrons. The van der Waals surface area contributed by atoms with Crippen molar-refractivity contribution >= 4 is 0 Å². The Balaban J connectivity index is 1.54. The van der Waals surface area contributed by atoms with Gasteiger partial charge in [0, 0.05) is 12.8 Å². The lowest BCUT2D eigenvalue weighted by Gasteiger charge is -2.20. The highest BCUT2D eigenvalue weighted by atomic mass is 16.7. The summed E-state index contributed by atoms with van der Waals surface area (Å²) < 4.78 is 11.5. The normalized spacial score (nSPS) is 35.3. The molecule has 2 atom stereocenters. The molecule has 0 bridgehead atoms. The van der Waals surface area contributed by atoms with Crippen molar-refractivity contribution in [3.8, 4) is 0 Å². The van der Waals surface area contributed by atoms with E-state index < -0.39 is 0 Å². The van der Waals surface area contributed by atoms with E-state index in [0.29, 0.717) is 11.8 Å². The maximum Gasteiger partial charge on any atom is 0.169 e. The summed E-state index contributed by atoms with van der Waals surface area (Å²) >= 11 is 0.